The van der Waals surface area contributed by atoms with Crippen molar-refractivity contribution in [3.8, 4) is 6.07 Å². The second-order valence-corrected chi connectivity index (χ2v) is 7.53. The summed E-state index contributed by atoms with van der Waals surface area (Å²) in [4.78, 5) is 16.5. The molecule has 0 fully saturated rings. The van der Waals surface area contributed by atoms with Gasteiger partial charge in [-0.1, -0.05) is 48.2 Å². The number of benzene rings is 3. The summed E-state index contributed by atoms with van der Waals surface area (Å²) in [6.07, 6.45) is 0. The van der Waals surface area contributed by atoms with Crippen LogP contribution in [0.25, 0.3) is 0 Å². The minimum absolute atomic E-state index is 0.130. The maximum Gasteiger partial charge on any atom is 0.252 e. The Hall–Kier alpha value is -3.23. The predicted octanol–water partition coefficient (Wildman–Crippen LogP) is 4.71. The third kappa shape index (κ3) is 4.73. The van der Waals surface area contributed by atoms with Crippen LogP contribution in [0.2, 0.25) is 0 Å². The molecule has 0 aliphatic carbocycles. The fourth-order valence-electron chi connectivity index (χ4n) is 2.70. The van der Waals surface area contributed by atoms with E-state index in [0.717, 1.165) is 21.0 Å². The summed E-state index contributed by atoms with van der Waals surface area (Å²) in [7, 11) is 3.99. The van der Waals surface area contributed by atoms with E-state index in [2.05, 4.69) is 11.4 Å². The number of carbonyl (C=O) groups excluding carboxylic acids is 1. The zero-order valence-corrected chi connectivity index (χ0v) is 16.7. The lowest BCUT2D eigenvalue weighted by Gasteiger charge is -2.13. The lowest BCUT2D eigenvalue weighted by molar-refractivity contribution is 0.0948. The number of anilines is 1. The average molecular weight is 388 g/mol. The van der Waals surface area contributed by atoms with Crippen LogP contribution in [0.1, 0.15) is 21.5 Å². The van der Waals surface area contributed by atoms with Gasteiger partial charge in [0.1, 0.15) is 6.07 Å². The largest absolute Gasteiger partial charge is 0.378 e. The molecule has 0 saturated heterocycles. The summed E-state index contributed by atoms with van der Waals surface area (Å²) in [5.41, 5.74) is 3.36. The molecule has 0 aliphatic rings. The summed E-state index contributed by atoms with van der Waals surface area (Å²) >= 11 is 1.43. The van der Waals surface area contributed by atoms with Crippen molar-refractivity contribution in [3.05, 3.63) is 89.5 Å². The van der Waals surface area contributed by atoms with E-state index in [1.165, 1.54) is 11.8 Å². The van der Waals surface area contributed by atoms with Crippen LogP contribution in [0.4, 0.5) is 5.69 Å². The predicted molar refractivity (Wildman–Crippen MR) is 114 cm³/mol. The molecule has 140 valence electrons. The summed E-state index contributed by atoms with van der Waals surface area (Å²) < 4.78 is 0. The molecule has 0 heterocycles. The number of rotatable bonds is 6. The van der Waals surface area contributed by atoms with Crippen LogP contribution >= 0.6 is 11.8 Å². The van der Waals surface area contributed by atoms with Gasteiger partial charge in [-0.3, -0.25) is 4.79 Å². The highest BCUT2D eigenvalue weighted by Crippen LogP contribution is 2.32. The number of carbonyl (C=O) groups is 1. The molecule has 0 bridgehead atoms. The van der Waals surface area contributed by atoms with Crippen LogP contribution < -0.4 is 10.2 Å². The standard InChI is InChI=1S/C23H21N3OS/c1-26(2)19-13-11-17(12-14-19)16-25-23(27)20-8-4-6-10-22(20)28-21-9-5-3-7-18(21)15-24/h3-14H,16H2,1-2H3,(H,25,27). The molecule has 0 aromatic heterocycles. The highest BCUT2D eigenvalue weighted by atomic mass is 32.2. The number of hydrogen-bond acceptors (Lipinski definition) is 4. The molecule has 0 aliphatic heterocycles. The van der Waals surface area contributed by atoms with Gasteiger partial charge in [0.25, 0.3) is 5.91 Å². The summed E-state index contributed by atoms with van der Waals surface area (Å²) in [6.45, 7) is 0.459. The third-order valence-corrected chi connectivity index (χ3v) is 5.42. The van der Waals surface area contributed by atoms with Gasteiger partial charge < -0.3 is 10.2 Å². The highest BCUT2D eigenvalue weighted by Gasteiger charge is 2.13. The molecule has 1 N–H and O–H groups in total. The van der Waals surface area contributed by atoms with Gasteiger partial charge in [-0.2, -0.15) is 5.26 Å². The van der Waals surface area contributed by atoms with Gasteiger partial charge in [0.2, 0.25) is 0 Å². The topological polar surface area (TPSA) is 56.1 Å². The molecule has 3 rings (SSSR count). The molecule has 0 unspecified atom stereocenters. The molecular formula is C23H21N3OS. The van der Waals surface area contributed by atoms with Crippen molar-refractivity contribution >= 4 is 23.4 Å². The molecule has 3 aromatic carbocycles. The Morgan fingerprint density at radius 2 is 1.61 bits per heavy atom. The third-order valence-electron chi connectivity index (χ3n) is 4.26. The van der Waals surface area contributed by atoms with Gasteiger partial charge in [-0.05, 0) is 42.0 Å². The van der Waals surface area contributed by atoms with E-state index in [0.29, 0.717) is 17.7 Å². The smallest absolute Gasteiger partial charge is 0.252 e. The number of nitrogens with one attached hydrogen (secondary N) is 1. The zero-order valence-electron chi connectivity index (χ0n) is 15.8. The Bertz CT molecular complexity index is 1010. The minimum Gasteiger partial charge on any atom is -0.378 e. The first-order valence-electron chi connectivity index (χ1n) is 8.89. The van der Waals surface area contributed by atoms with Crippen molar-refractivity contribution in [2.45, 2.75) is 16.3 Å². The Labute approximate surface area is 169 Å². The van der Waals surface area contributed by atoms with Gasteiger partial charge >= 0.3 is 0 Å². The maximum atomic E-state index is 12.8. The summed E-state index contributed by atoms with van der Waals surface area (Å²) in [6, 6.07) is 25.1. The van der Waals surface area contributed by atoms with Gasteiger partial charge in [0, 0.05) is 36.1 Å². The van der Waals surface area contributed by atoms with Crippen LogP contribution in [0.3, 0.4) is 0 Å². The van der Waals surface area contributed by atoms with Crippen molar-refractivity contribution in [3.63, 3.8) is 0 Å². The normalized spacial score (nSPS) is 10.2. The van der Waals surface area contributed by atoms with E-state index in [-0.39, 0.29) is 5.91 Å². The Morgan fingerprint density at radius 1 is 0.964 bits per heavy atom. The van der Waals surface area contributed by atoms with Crippen molar-refractivity contribution in [2.75, 3.05) is 19.0 Å². The second-order valence-electron chi connectivity index (χ2n) is 6.45. The van der Waals surface area contributed by atoms with Crippen LogP contribution in [-0.2, 0) is 6.54 Å². The molecule has 0 atom stereocenters. The van der Waals surface area contributed by atoms with Crippen molar-refractivity contribution in [1.29, 1.82) is 5.26 Å². The summed E-state index contributed by atoms with van der Waals surface area (Å²) in [5, 5.41) is 12.3. The van der Waals surface area contributed by atoms with Crippen LogP contribution in [0.5, 0.6) is 0 Å². The zero-order chi connectivity index (χ0) is 19.9. The number of hydrogen-bond donors (Lipinski definition) is 1. The number of nitrogens with zero attached hydrogens (tertiary/aromatic N) is 2. The lowest BCUT2D eigenvalue weighted by Crippen LogP contribution is -2.23. The SMILES string of the molecule is CN(C)c1ccc(CNC(=O)c2ccccc2Sc2ccccc2C#N)cc1. The fraction of sp³-hybridized carbons (Fsp3) is 0.130. The van der Waals surface area contributed by atoms with E-state index in [1.54, 1.807) is 6.07 Å². The van der Waals surface area contributed by atoms with Crippen LogP contribution in [0, 0.1) is 11.3 Å². The quantitative estimate of drug-likeness (QED) is 0.666. The second kappa shape index (κ2) is 9.12. The number of nitriles is 1. The molecule has 0 radical (unpaired) electrons. The Balaban J connectivity index is 1.73. The van der Waals surface area contributed by atoms with Crippen molar-refractivity contribution in [1.82, 2.24) is 5.32 Å². The van der Waals surface area contributed by atoms with Gasteiger partial charge in [-0.25, -0.2) is 0 Å². The first kappa shape index (κ1) is 19.5. The van der Waals surface area contributed by atoms with E-state index < -0.39 is 0 Å². The van der Waals surface area contributed by atoms with Gasteiger partial charge in [-0.15, -0.1) is 0 Å². The molecule has 0 saturated carbocycles. The molecule has 5 heteroatoms. The monoisotopic (exact) mass is 387 g/mol. The number of amides is 1. The van der Waals surface area contributed by atoms with E-state index in [9.17, 15) is 10.1 Å². The van der Waals surface area contributed by atoms with E-state index in [1.807, 2.05) is 85.7 Å². The molecule has 28 heavy (non-hydrogen) atoms. The van der Waals surface area contributed by atoms with Gasteiger partial charge in [0.05, 0.1) is 11.1 Å². The van der Waals surface area contributed by atoms with Crippen molar-refractivity contribution < 1.29 is 4.79 Å². The maximum absolute atomic E-state index is 12.8. The first-order valence-corrected chi connectivity index (χ1v) is 9.70. The lowest BCUT2D eigenvalue weighted by atomic mass is 10.1. The van der Waals surface area contributed by atoms with Crippen LogP contribution in [0.15, 0.2) is 82.6 Å². The van der Waals surface area contributed by atoms with Gasteiger partial charge in [0.15, 0.2) is 0 Å². The molecule has 4 nitrogen and oxygen atoms in total. The average Bonchev–Trinajstić information content (AvgIpc) is 2.73. The first-order chi connectivity index (χ1) is 13.6. The minimum atomic E-state index is -0.130. The van der Waals surface area contributed by atoms with E-state index in [4.69, 9.17) is 0 Å². The van der Waals surface area contributed by atoms with E-state index >= 15 is 0 Å². The Kier molecular flexibility index (Phi) is 6.36. The van der Waals surface area contributed by atoms with Crippen molar-refractivity contribution in [2.24, 2.45) is 0 Å². The van der Waals surface area contributed by atoms with Crippen LogP contribution in [-0.4, -0.2) is 20.0 Å². The Morgan fingerprint density at radius 3 is 2.29 bits per heavy atom. The summed E-state index contributed by atoms with van der Waals surface area (Å²) in [5.74, 6) is -0.130. The molecule has 1 amide bonds. The molecular weight excluding hydrogens is 366 g/mol. The molecule has 0 spiro atoms. The fourth-order valence-corrected chi connectivity index (χ4v) is 3.72. The highest BCUT2D eigenvalue weighted by molar-refractivity contribution is 7.99. The molecule has 3 aromatic rings.